The summed E-state index contributed by atoms with van der Waals surface area (Å²) in [6.45, 7) is 0.658. The molecule has 2 heterocycles. The van der Waals surface area contributed by atoms with E-state index in [-0.39, 0.29) is 12.3 Å². The molecular formula is C12H16N2O5. The summed E-state index contributed by atoms with van der Waals surface area (Å²) in [5.41, 5.74) is 0.125. The molecule has 0 bridgehead atoms. The van der Waals surface area contributed by atoms with Gasteiger partial charge < -0.3 is 19.3 Å². The maximum absolute atomic E-state index is 12.2. The normalized spacial score (nSPS) is 19.4. The van der Waals surface area contributed by atoms with E-state index in [0.717, 1.165) is 12.8 Å². The number of carbonyl (C=O) groups excluding carboxylic acids is 1. The summed E-state index contributed by atoms with van der Waals surface area (Å²) in [5.74, 6) is -0.943. The van der Waals surface area contributed by atoms with Crippen LogP contribution in [-0.2, 0) is 16.1 Å². The van der Waals surface area contributed by atoms with Crippen molar-refractivity contribution in [3.63, 3.8) is 0 Å². The molecule has 1 aromatic heterocycles. The zero-order valence-corrected chi connectivity index (χ0v) is 10.7. The van der Waals surface area contributed by atoms with Gasteiger partial charge in [-0.3, -0.25) is 4.79 Å². The second kappa shape index (κ2) is 5.83. The minimum atomic E-state index is -0.978. The standard InChI is InChI=1S/C12H16N2O5/c1-18-7-8-6-9(13-19-8)11(15)14-5-3-2-4-10(14)12(16)17/h6,10H,2-5,7H2,1H3,(H,16,17)/t10-/m1/s1. The molecule has 1 aliphatic rings. The number of nitrogens with zero attached hydrogens (tertiary/aromatic N) is 2. The molecule has 1 atom stereocenters. The Bertz CT molecular complexity index is 470. The molecule has 0 spiro atoms. The minimum Gasteiger partial charge on any atom is -0.480 e. The van der Waals surface area contributed by atoms with Crippen LogP contribution in [0.3, 0.4) is 0 Å². The second-order valence-corrected chi connectivity index (χ2v) is 4.46. The Morgan fingerprint density at radius 1 is 1.58 bits per heavy atom. The third-order valence-electron chi connectivity index (χ3n) is 3.11. The molecule has 1 fully saturated rings. The lowest BCUT2D eigenvalue weighted by Gasteiger charge is -2.32. The van der Waals surface area contributed by atoms with Gasteiger partial charge in [0.1, 0.15) is 12.6 Å². The topological polar surface area (TPSA) is 92.9 Å². The van der Waals surface area contributed by atoms with E-state index in [1.165, 1.54) is 18.1 Å². The molecule has 0 unspecified atom stereocenters. The van der Waals surface area contributed by atoms with E-state index in [0.29, 0.717) is 18.7 Å². The maximum atomic E-state index is 12.2. The SMILES string of the molecule is COCc1cc(C(=O)N2CCCC[C@@H]2C(=O)O)no1. The van der Waals surface area contributed by atoms with Crippen LogP contribution in [0.15, 0.2) is 10.6 Å². The van der Waals surface area contributed by atoms with Gasteiger partial charge in [-0.2, -0.15) is 0 Å². The first-order valence-corrected chi connectivity index (χ1v) is 6.11. The van der Waals surface area contributed by atoms with E-state index in [4.69, 9.17) is 14.4 Å². The van der Waals surface area contributed by atoms with Crippen LogP contribution in [0.1, 0.15) is 35.5 Å². The zero-order chi connectivity index (χ0) is 13.8. The number of methoxy groups -OCH3 is 1. The molecule has 2 rings (SSSR count). The molecule has 104 valence electrons. The van der Waals surface area contributed by atoms with Gasteiger partial charge >= 0.3 is 5.97 Å². The Kier molecular flexibility index (Phi) is 4.16. The van der Waals surface area contributed by atoms with Gasteiger partial charge in [-0.25, -0.2) is 4.79 Å². The Hall–Kier alpha value is -1.89. The number of piperidine rings is 1. The van der Waals surface area contributed by atoms with Crippen molar-refractivity contribution < 1.29 is 24.0 Å². The summed E-state index contributed by atoms with van der Waals surface area (Å²) in [5, 5.41) is 12.8. The molecular weight excluding hydrogens is 252 g/mol. The number of hydrogen-bond donors (Lipinski definition) is 1. The van der Waals surface area contributed by atoms with Crippen LogP contribution >= 0.6 is 0 Å². The van der Waals surface area contributed by atoms with Gasteiger partial charge in [0.2, 0.25) is 0 Å². The number of carbonyl (C=O) groups is 2. The lowest BCUT2D eigenvalue weighted by atomic mass is 10.0. The fourth-order valence-electron chi connectivity index (χ4n) is 2.20. The smallest absolute Gasteiger partial charge is 0.326 e. The highest BCUT2D eigenvalue weighted by atomic mass is 16.5. The predicted molar refractivity (Wildman–Crippen MR) is 63.5 cm³/mol. The number of likely N-dealkylation sites (tertiary alicyclic amines) is 1. The van der Waals surface area contributed by atoms with Crippen LogP contribution < -0.4 is 0 Å². The molecule has 0 aliphatic carbocycles. The van der Waals surface area contributed by atoms with Gasteiger partial charge in [0.05, 0.1) is 0 Å². The van der Waals surface area contributed by atoms with Gasteiger partial charge in [0.25, 0.3) is 5.91 Å². The first kappa shape index (κ1) is 13.5. The monoisotopic (exact) mass is 268 g/mol. The van der Waals surface area contributed by atoms with Crippen molar-refractivity contribution in [2.45, 2.75) is 31.9 Å². The Morgan fingerprint density at radius 3 is 3.05 bits per heavy atom. The fraction of sp³-hybridized carbons (Fsp3) is 0.583. The van der Waals surface area contributed by atoms with Crippen molar-refractivity contribution >= 4 is 11.9 Å². The van der Waals surface area contributed by atoms with Crippen molar-refractivity contribution in [2.24, 2.45) is 0 Å². The van der Waals surface area contributed by atoms with Crippen LogP contribution in [0.5, 0.6) is 0 Å². The number of ether oxygens (including phenoxy) is 1. The molecule has 19 heavy (non-hydrogen) atoms. The molecule has 7 nitrogen and oxygen atoms in total. The molecule has 1 aliphatic heterocycles. The van der Waals surface area contributed by atoms with Crippen molar-refractivity contribution in [1.29, 1.82) is 0 Å². The van der Waals surface area contributed by atoms with E-state index in [9.17, 15) is 9.59 Å². The summed E-state index contributed by atoms with van der Waals surface area (Å²) in [7, 11) is 1.51. The van der Waals surface area contributed by atoms with Crippen molar-refractivity contribution in [2.75, 3.05) is 13.7 Å². The van der Waals surface area contributed by atoms with Gasteiger partial charge in [-0.05, 0) is 19.3 Å². The number of hydrogen-bond acceptors (Lipinski definition) is 5. The average Bonchev–Trinajstić information content (AvgIpc) is 2.87. The number of aliphatic carboxylic acids is 1. The summed E-state index contributed by atoms with van der Waals surface area (Å²) >= 11 is 0. The third-order valence-corrected chi connectivity index (χ3v) is 3.11. The first-order chi connectivity index (χ1) is 9.13. The number of carboxylic acids is 1. The van der Waals surface area contributed by atoms with Gasteiger partial charge in [0.15, 0.2) is 11.5 Å². The van der Waals surface area contributed by atoms with E-state index in [1.54, 1.807) is 0 Å². The number of carboxylic acid groups (broad SMARTS) is 1. The lowest BCUT2D eigenvalue weighted by molar-refractivity contribution is -0.143. The first-order valence-electron chi connectivity index (χ1n) is 6.11. The van der Waals surface area contributed by atoms with E-state index in [1.807, 2.05) is 0 Å². The minimum absolute atomic E-state index is 0.125. The molecule has 0 aromatic carbocycles. The predicted octanol–water partition coefficient (Wildman–Crippen LogP) is 0.900. The van der Waals surface area contributed by atoms with Crippen LogP contribution in [0, 0.1) is 0 Å². The molecule has 0 radical (unpaired) electrons. The summed E-state index contributed by atoms with van der Waals surface area (Å²) in [6.07, 6.45) is 2.09. The Balaban J connectivity index is 2.14. The Morgan fingerprint density at radius 2 is 2.37 bits per heavy atom. The molecule has 1 aromatic rings. The number of amides is 1. The zero-order valence-electron chi connectivity index (χ0n) is 10.7. The number of aromatic nitrogens is 1. The summed E-state index contributed by atoms with van der Waals surface area (Å²) in [4.78, 5) is 24.7. The second-order valence-electron chi connectivity index (χ2n) is 4.46. The molecule has 1 saturated heterocycles. The fourth-order valence-corrected chi connectivity index (χ4v) is 2.20. The van der Waals surface area contributed by atoms with Crippen molar-refractivity contribution in [3.8, 4) is 0 Å². The summed E-state index contributed by atoms with van der Waals surface area (Å²) in [6, 6.07) is 0.711. The molecule has 7 heteroatoms. The molecule has 1 N–H and O–H groups in total. The molecule has 0 saturated carbocycles. The van der Waals surface area contributed by atoms with Crippen LogP contribution in [0.25, 0.3) is 0 Å². The summed E-state index contributed by atoms with van der Waals surface area (Å²) < 4.78 is 9.82. The van der Waals surface area contributed by atoms with Crippen molar-refractivity contribution in [3.05, 3.63) is 17.5 Å². The van der Waals surface area contributed by atoms with Crippen LogP contribution in [0.4, 0.5) is 0 Å². The van der Waals surface area contributed by atoms with E-state index in [2.05, 4.69) is 5.16 Å². The van der Waals surface area contributed by atoms with Gasteiger partial charge in [-0.1, -0.05) is 5.16 Å². The highest BCUT2D eigenvalue weighted by Gasteiger charge is 2.33. The van der Waals surface area contributed by atoms with Crippen LogP contribution in [0.2, 0.25) is 0 Å². The quantitative estimate of drug-likeness (QED) is 0.872. The largest absolute Gasteiger partial charge is 0.480 e. The molecule has 1 amide bonds. The van der Waals surface area contributed by atoms with Gasteiger partial charge in [-0.15, -0.1) is 0 Å². The van der Waals surface area contributed by atoms with Gasteiger partial charge in [0, 0.05) is 19.7 Å². The van der Waals surface area contributed by atoms with Crippen molar-refractivity contribution in [1.82, 2.24) is 10.1 Å². The number of rotatable bonds is 4. The van der Waals surface area contributed by atoms with E-state index < -0.39 is 17.9 Å². The van der Waals surface area contributed by atoms with E-state index >= 15 is 0 Å². The Labute approximate surface area is 110 Å². The van der Waals surface area contributed by atoms with Crippen LogP contribution in [-0.4, -0.2) is 46.7 Å². The highest BCUT2D eigenvalue weighted by molar-refractivity contribution is 5.95. The maximum Gasteiger partial charge on any atom is 0.326 e. The third kappa shape index (κ3) is 2.93. The average molecular weight is 268 g/mol. The lowest BCUT2D eigenvalue weighted by Crippen LogP contribution is -2.48. The highest BCUT2D eigenvalue weighted by Crippen LogP contribution is 2.20.